The van der Waals surface area contributed by atoms with Gasteiger partial charge in [0.15, 0.2) is 11.5 Å². The Bertz CT molecular complexity index is 879. The van der Waals surface area contributed by atoms with Gasteiger partial charge in [-0.05, 0) is 49.2 Å². The summed E-state index contributed by atoms with van der Waals surface area (Å²) in [5.74, 6) is 1.95. The third-order valence-electron chi connectivity index (χ3n) is 4.27. The molecule has 134 valence electrons. The molecule has 1 aliphatic heterocycles. The van der Waals surface area contributed by atoms with Crippen LogP contribution in [0.4, 0.5) is 0 Å². The summed E-state index contributed by atoms with van der Waals surface area (Å²) in [5.41, 5.74) is 1.47. The maximum atomic E-state index is 12.6. The van der Waals surface area contributed by atoms with Gasteiger partial charge in [0.2, 0.25) is 10.0 Å². The molecule has 0 aromatic heterocycles. The van der Waals surface area contributed by atoms with Crippen molar-refractivity contribution in [3.05, 3.63) is 47.5 Å². The van der Waals surface area contributed by atoms with Gasteiger partial charge in [-0.3, -0.25) is 0 Å². The molecule has 2 aromatic carbocycles. The highest BCUT2D eigenvalue weighted by molar-refractivity contribution is 7.89. The number of benzene rings is 2. The lowest BCUT2D eigenvalue weighted by atomic mass is 10.1. The van der Waals surface area contributed by atoms with Gasteiger partial charge in [0.25, 0.3) is 0 Å². The minimum atomic E-state index is -3.66. The van der Waals surface area contributed by atoms with E-state index in [0.29, 0.717) is 29.4 Å². The fourth-order valence-corrected chi connectivity index (χ4v) is 4.09. The maximum Gasteiger partial charge on any atom is 0.240 e. The van der Waals surface area contributed by atoms with Crippen LogP contribution < -0.4 is 18.9 Å². The Balaban J connectivity index is 1.72. The molecule has 0 spiro atoms. The molecule has 0 bridgehead atoms. The van der Waals surface area contributed by atoms with Crippen LogP contribution in [0, 0.1) is 13.8 Å². The molecule has 3 rings (SSSR count). The predicted molar refractivity (Wildman–Crippen MR) is 94.0 cm³/mol. The van der Waals surface area contributed by atoms with Crippen LogP contribution in [-0.4, -0.2) is 34.8 Å². The number of ether oxygens (including phenoxy) is 3. The van der Waals surface area contributed by atoms with Crippen LogP contribution in [0.1, 0.15) is 11.1 Å². The highest BCUT2D eigenvalue weighted by Crippen LogP contribution is 2.31. The summed E-state index contributed by atoms with van der Waals surface area (Å²) in [6.45, 7) is 4.02. The number of methoxy groups -OCH3 is 1. The molecule has 0 aliphatic carbocycles. The minimum Gasteiger partial charge on any atom is -0.496 e. The van der Waals surface area contributed by atoms with Crippen LogP contribution in [0.25, 0.3) is 0 Å². The zero-order chi connectivity index (χ0) is 18.0. The maximum absolute atomic E-state index is 12.6. The first-order valence-corrected chi connectivity index (χ1v) is 9.43. The Kier molecular flexibility index (Phi) is 4.87. The van der Waals surface area contributed by atoms with Gasteiger partial charge in [0.1, 0.15) is 18.5 Å². The van der Waals surface area contributed by atoms with Crippen molar-refractivity contribution >= 4 is 10.0 Å². The van der Waals surface area contributed by atoms with Crippen LogP contribution in [0.3, 0.4) is 0 Å². The molecule has 1 N–H and O–H groups in total. The van der Waals surface area contributed by atoms with Crippen molar-refractivity contribution in [3.8, 4) is 17.2 Å². The Hall–Kier alpha value is -2.25. The molecule has 0 fully saturated rings. The number of fused-ring (bicyclic) bond motifs is 1. The molecule has 1 heterocycles. The largest absolute Gasteiger partial charge is 0.496 e. The van der Waals surface area contributed by atoms with Gasteiger partial charge in [-0.15, -0.1) is 0 Å². The molecule has 6 nitrogen and oxygen atoms in total. The topological polar surface area (TPSA) is 73.9 Å². The summed E-state index contributed by atoms with van der Waals surface area (Å²) >= 11 is 0. The van der Waals surface area contributed by atoms with Gasteiger partial charge < -0.3 is 14.2 Å². The van der Waals surface area contributed by atoms with Crippen LogP contribution in [-0.2, 0) is 10.0 Å². The number of nitrogens with one attached hydrogen (secondary N) is 1. The molecule has 0 saturated carbocycles. The number of rotatable bonds is 5. The van der Waals surface area contributed by atoms with Crippen LogP contribution in [0.15, 0.2) is 41.3 Å². The first-order valence-electron chi connectivity index (χ1n) is 7.94. The van der Waals surface area contributed by atoms with E-state index in [1.54, 1.807) is 32.2 Å². The first-order chi connectivity index (χ1) is 11.9. The molecular weight excluding hydrogens is 342 g/mol. The molecule has 0 amide bonds. The fourth-order valence-electron chi connectivity index (χ4n) is 2.73. The average molecular weight is 363 g/mol. The quantitative estimate of drug-likeness (QED) is 0.883. The van der Waals surface area contributed by atoms with Crippen molar-refractivity contribution in [3.63, 3.8) is 0 Å². The van der Waals surface area contributed by atoms with Gasteiger partial charge in [-0.1, -0.05) is 12.1 Å². The zero-order valence-electron chi connectivity index (χ0n) is 14.4. The first kappa shape index (κ1) is 17.6. The zero-order valence-corrected chi connectivity index (χ0v) is 15.2. The van der Waals surface area contributed by atoms with Gasteiger partial charge >= 0.3 is 0 Å². The molecular formula is C18H21NO5S. The highest BCUT2D eigenvalue weighted by Gasteiger charge is 2.25. The third-order valence-corrected chi connectivity index (χ3v) is 5.83. The smallest absolute Gasteiger partial charge is 0.240 e. The lowest BCUT2D eigenvalue weighted by Crippen LogP contribution is -2.40. The summed E-state index contributed by atoms with van der Waals surface area (Å²) in [6, 6.07) is 10.5. The van der Waals surface area contributed by atoms with Crippen LogP contribution in [0.5, 0.6) is 17.2 Å². The van der Waals surface area contributed by atoms with Crippen LogP contribution >= 0.6 is 0 Å². The molecule has 1 atom stereocenters. The van der Waals surface area contributed by atoms with Crippen molar-refractivity contribution in [1.29, 1.82) is 0 Å². The number of sulfonamides is 1. The van der Waals surface area contributed by atoms with Crippen LogP contribution in [0.2, 0.25) is 0 Å². The van der Waals surface area contributed by atoms with E-state index in [-0.39, 0.29) is 17.5 Å². The van der Waals surface area contributed by atoms with E-state index >= 15 is 0 Å². The molecule has 25 heavy (non-hydrogen) atoms. The van der Waals surface area contributed by atoms with Gasteiger partial charge in [-0.2, -0.15) is 0 Å². The summed E-state index contributed by atoms with van der Waals surface area (Å²) in [5, 5.41) is 0. The summed E-state index contributed by atoms with van der Waals surface area (Å²) in [6.07, 6.45) is -0.385. The molecule has 0 saturated heterocycles. The Morgan fingerprint density at radius 1 is 1.12 bits per heavy atom. The van der Waals surface area contributed by atoms with Gasteiger partial charge in [0, 0.05) is 0 Å². The van der Waals surface area contributed by atoms with E-state index < -0.39 is 10.0 Å². The van der Waals surface area contributed by atoms with E-state index in [1.807, 2.05) is 25.1 Å². The Morgan fingerprint density at radius 3 is 2.56 bits per heavy atom. The van der Waals surface area contributed by atoms with E-state index in [2.05, 4.69) is 4.72 Å². The van der Waals surface area contributed by atoms with E-state index in [9.17, 15) is 8.42 Å². The molecule has 1 unspecified atom stereocenters. The Morgan fingerprint density at radius 2 is 1.84 bits per heavy atom. The minimum absolute atomic E-state index is 0.126. The normalized spacial score (nSPS) is 16.5. The van der Waals surface area contributed by atoms with E-state index in [0.717, 1.165) is 5.56 Å². The van der Waals surface area contributed by atoms with E-state index in [4.69, 9.17) is 14.2 Å². The molecule has 7 heteroatoms. The van der Waals surface area contributed by atoms with Crippen molar-refractivity contribution in [2.75, 3.05) is 20.3 Å². The second-order valence-corrected chi connectivity index (χ2v) is 7.60. The SMILES string of the molecule is COc1ccc(S(=O)(=O)NCC2COc3ccccc3O2)c(C)c1C. The fraction of sp³-hybridized carbons (Fsp3) is 0.333. The number of hydrogen-bond acceptors (Lipinski definition) is 5. The van der Waals surface area contributed by atoms with Gasteiger partial charge in [0.05, 0.1) is 18.6 Å². The Labute approximate surface area is 147 Å². The third kappa shape index (κ3) is 3.57. The van der Waals surface area contributed by atoms with Crippen molar-refractivity contribution < 1.29 is 22.6 Å². The van der Waals surface area contributed by atoms with Crippen molar-refractivity contribution in [2.45, 2.75) is 24.8 Å². The summed E-state index contributed by atoms with van der Waals surface area (Å²) < 4.78 is 44.5. The molecule has 0 radical (unpaired) electrons. The van der Waals surface area contributed by atoms with E-state index in [1.165, 1.54) is 0 Å². The average Bonchev–Trinajstić information content (AvgIpc) is 2.62. The highest BCUT2D eigenvalue weighted by atomic mass is 32.2. The molecule has 1 aliphatic rings. The number of para-hydroxylation sites is 2. The lowest BCUT2D eigenvalue weighted by molar-refractivity contribution is 0.0943. The summed E-state index contributed by atoms with van der Waals surface area (Å²) in [4.78, 5) is 0.239. The predicted octanol–water partition coefficient (Wildman–Crippen LogP) is 2.43. The molecule has 2 aromatic rings. The lowest BCUT2D eigenvalue weighted by Gasteiger charge is -2.26. The van der Waals surface area contributed by atoms with Crippen molar-refractivity contribution in [2.24, 2.45) is 0 Å². The second kappa shape index (κ2) is 6.93. The summed E-state index contributed by atoms with van der Waals surface area (Å²) in [7, 11) is -2.09. The number of hydrogen-bond donors (Lipinski definition) is 1. The second-order valence-electron chi connectivity index (χ2n) is 5.87. The van der Waals surface area contributed by atoms with Gasteiger partial charge in [-0.25, -0.2) is 13.1 Å². The monoisotopic (exact) mass is 363 g/mol. The standard InChI is InChI=1S/C18H21NO5S/c1-12-13(2)18(9-8-15(12)22-3)25(20,21)19-10-14-11-23-16-6-4-5-7-17(16)24-14/h4-9,14,19H,10-11H2,1-3H3. The van der Waals surface area contributed by atoms with Crippen molar-refractivity contribution in [1.82, 2.24) is 4.72 Å².